The Labute approximate surface area is 246 Å². The molecule has 2 aliphatic rings. The van der Waals surface area contributed by atoms with Crippen molar-refractivity contribution in [2.45, 2.75) is 13.8 Å². The van der Waals surface area contributed by atoms with Gasteiger partial charge in [0.25, 0.3) is 5.91 Å². The number of rotatable bonds is 7. The number of hydrogen-bond donors (Lipinski definition) is 2. The van der Waals surface area contributed by atoms with Crippen molar-refractivity contribution in [3.63, 3.8) is 0 Å². The monoisotopic (exact) mass is 574 g/mol. The Morgan fingerprint density at radius 1 is 0.976 bits per heavy atom. The fraction of sp³-hybridized carbons (Fsp3) is 0.0606. The van der Waals surface area contributed by atoms with Gasteiger partial charge in [-0.2, -0.15) is 32.8 Å². The Morgan fingerprint density at radius 2 is 1.68 bits per heavy atom. The van der Waals surface area contributed by atoms with Crippen molar-refractivity contribution in [3.05, 3.63) is 140 Å². The molecule has 2 aliphatic heterocycles. The number of carbonyl (C=O) groups is 1. The molecule has 0 saturated carbocycles. The van der Waals surface area contributed by atoms with Gasteiger partial charge < -0.3 is 15.5 Å². The highest BCUT2D eigenvalue weighted by Gasteiger charge is 2.32. The van der Waals surface area contributed by atoms with Gasteiger partial charge in [0.05, 0.1) is 22.5 Å². The summed E-state index contributed by atoms with van der Waals surface area (Å²) in [6.07, 6.45) is 3.93. The Balaban J connectivity index is 1.55. The number of carbonyl (C=O) groups excluding carboxylic acids is 1. The van der Waals surface area contributed by atoms with E-state index in [0.717, 1.165) is 28.0 Å². The summed E-state index contributed by atoms with van der Waals surface area (Å²) < 4.78 is 6.40. The Hall–Kier alpha value is -4.79. The molecule has 0 aliphatic carbocycles. The standard InChI is InChI=1S/C33H26N4O2S2/c1-21(34)30-25(18-29(24-14-16-41-20-24)39-32(30)35-26-9-5-3-6-10-26)17-28(23-13-15-40-19-23)31-22(2)36-37(33(31)38)27-11-7-4-8-12-27/h3-20,34-35H,1-2H3/b25-17+,31-28+,34-21?. The summed E-state index contributed by atoms with van der Waals surface area (Å²) in [5.41, 5.74) is 7.00. The average molecular weight is 575 g/mol. The molecule has 6 nitrogen and oxygen atoms in total. The van der Waals surface area contributed by atoms with Gasteiger partial charge >= 0.3 is 0 Å². The highest BCUT2D eigenvalue weighted by molar-refractivity contribution is 7.08. The fourth-order valence-electron chi connectivity index (χ4n) is 4.76. The van der Waals surface area contributed by atoms with Crippen molar-refractivity contribution in [2.24, 2.45) is 5.10 Å². The first kappa shape index (κ1) is 26.4. The molecular formula is C33H26N4O2S2. The maximum absolute atomic E-state index is 13.9. The molecule has 1 amide bonds. The van der Waals surface area contributed by atoms with Crippen molar-refractivity contribution in [1.82, 2.24) is 0 Å². The number of thiophene rings is 2. The van der Waals surface area contributed by atoms with Crippen molar-refractivity contribution < 1.29 is 9.53 Å². The van der Waals surface area contributed by atoms with Crippen LogP contribution in [0.2, 0.25) is 0 Å². The number of hydrogen-bond acceptors (Lipinski definition) is 7. The number of anilines is 2. The van der Waals surface area contributed by atoms with E-state index in [1.165, 1.54) is 5.01 Å². The van der Waals surface area contributed by atoms with E-state index in [4.69, 9.17) is 10.1 Å². The highest BCUT2D eigenvalue weighted by atomic mass is 32.1. The topological polar surface area (TPSA) is 77.8 Å². The smallest absolute Gasteiger partial charge is 0.281 e. The normalized spacial score (nSPS) is 17.4. The predicted molar refractivity (Wildman–Crippen MR) is 170 cm³/mol. The number of nitrogens with one attached hydrogen (secondary N) is 2. The molecule has 2 aromatic heterocycles. The summed E-state index contributed by atoms with van der Waals surface area (Å²) in [6, 6.07) is 23.2. The van der Waals surface area contributed by atoms with Crippen LogP contribution in [0.1, 0.15) is 25.0 Å². The number of benzene rings is 2. The average Bonchev–Trinajstić information content (AvgIpc) is 3.76. The molecule has 0 fully saturated rings. The largest absolute Gasteiger partial charge is 0.440 e. The van der Waals surface area contributed by atoms with Crippen LogP contribution in [0.25, 0.3) is 11.3 Å². The van der Waals surface area contributed by atoms with Crippen LogP contribution in [0, 0.1) is 5.41 Å². The van der Waals surface area contributed by atoms with E-state index in [1.807, 2.05) is 113 Å². The van der Waals surface area contributed by atoms with Crippen LogP contribution in [0.5, 0.6) is 0 Å². The first-order valence-corrected chi connectivity index (χ1v) is 14.9. The van der Waals surface area contributed by atoms with Crippen LogP contribution >= 0.6 is 22.7 Å². The molecule has 0 saturated heterocycles. The molecule has 0 atom stereocenters. The van der Waals surface area contributed by atoms with E-state index in [1.54, 1.807) is 29.6 Å². The van der Waals surface area contributed by atoms with Gasteiger partial charge in [-0.3, -0.25) is 4.79 Å². The summed E-state index contributed by atoms with van der Waals surface area (Å²) in [5, 5.41) is 26.3. The SMILES string of the molecule is CC(=N)C1=C(Nc2ccccc2)OC(c2ccsc2)=C/C1=C\C(=C1/C(=O)N(c2ccccc2)N=C1C)c1ccsc1. The number of para-hydroxylation sites is 2. The number of allylic oxidation sites excluding steroid dienone is 5. The van der Waals surface area contributed by atoms with E-state index in [-0.39, 0.29) is 5.91 Å². The van der Waals surface area contributed by atoms with E-state index in [0.29, 0.717) is 39.9 Å². The van der Waals surface area contributed by atoms with Gasteiger partial charge in [0.2, 0.25) is 5.88 Å². The van der Waals surface area contributed by atoms with Crippen molar-refractivity contribution in [2.75, 3.05) is 10.3 Å². The minimum Gasteiger partial charge on any atom is -0.440 e. The summed E-state index contributed by atoms with van der Waals surface area (Å²) in [7, 11) is 0. The van der Waals surface area contributed by atoms with Gasteiger partial charge in [-0.1, -0.05) is 36.4 Å². The summed E-state index contributed by atoms with van der Waals surface area (Å²) >= 11 is 3.15. The lowest BCUT2D eigenvalue weighted by atomic mass is 9.91. The van der Waals surface area contributed by atoms with Gasteiger partial charge in [-0.15, -0.1) is 0 Å². The zero-order valence-corrected chi connectivity index (χ0v) is 24.1. The van der Waals surface area contributed by atoms with Gasteiger partial charge in [0.15, 0.2) is 0 Å². The van der Waals surface area contributed by atoms with Crippen LogP contribution in [-0.2, 0) is 9.53 Å². The molecule has 202 valence electrons. The first-order valence-electron chi connectivity index (χ1n) is 13.0. The molecule has 0 spiro atoms. The third-order valence-corrected chi connectivity index (χ3v) is 8.01. The lowest BCUT2D eigenvalue weighted by molar-refractivity contribution is -0.114. The van der Waals surface area contributed by atoms with E-state index >= 15 is 0 Å². The fourth-order valence-corrected chi connectivity index (χ4v) is 6.06. The predicted octanol–water partition coefficient (Wildman–Crippen LogP) is 8.35. The molecule has 8 heteroatoms. The third kappa shape index (κ3) is 5.35. The molecule has 41 heavy (non-hydrogen) atoms. The molecule has 4 heterocycles. The molecule has 2 N–H and O–H groups in total. The van der Waals surface area contributed by atoms with Crippen LogP contribution in [0.15, 0.2) is 134 Å². The lowest BCUT2D eigenvalue weighted by Crippen LogP contribution is -2.22. The number of amides is 1. The van der Waals surface area contributed by atoms with Crippen LogP contribution in [-0.4, -0.2) is 17.3 Å². The van der Waals surface area contributed by atoms with Crippen LogP contribution < -0.4 is 10.3 Å². The second-order valence-electron chi connectivity index (χ2n) is 9.48. The Kier molecular flexibility index (Phi) is 7.33. The first-order chi connectivity index (χ1) is 20.0. The summed E-state index contributed by atoms with van der Waals surface area (Å²) in [5.74, 6) is 0.924. The molecule has 0 bridgehead atoms. The quantitative estimate of drug-likeness (QED) is 0.172. The summed E-state index contributed by atoms with van der Waals surface area (Å²) in [6.45, 7) is 3.60. The van der Waals surface area contributed by atoms with Crippen LogP contribution in [0.3, 0.4) is 0 Å². The molecule has 4 aromatic rings. The molecule has 6 rings (SSSR count). The second-order valence-corrected chi connectivity index (χ2v) is 11.0. The number of nitrogens with zero attached hydrogens (tertiary/aromatic N) is 2. The Morgan fingerprint density at radius 3 is 2.34 bits per heavy atom. The number of hydrazone groups is 1. The van der Waals surface area contributed by atoms with Gasteiger partial charge in [0.1, 0.15) is 5.76 Å². The highest BCUT2D eigenvalue weighted by Crippen LogP contribution is 2.38. The maximum atomic E-state index is 13.9. The van der Waals surface area contributed by atoms with Crippen molar-refractivity contribution >= 4 is 62.7 Å². The van der Waals surface area contributed by atoms with E-state index in [9.17, 15) is 4.79 Å². The number of ether oxygens (including phenoxy) is 1. The van der Waals surface area contributed by atoms with Gasteiger partial charge in [-0.05, 0) is 95.2 Å². The second kappa shape index (κ2) is 11.4. The molecule has 0 radical (unpaired) electrons. The zero-order chi connectivity index (χ0) is 28.3. The third-order valence-electron chi connectivity index (χ3n) is 6.65. The van der Waals surface area contributed by atoms with Gasteiger partial charge in [-0.25, -0.2) is 0 Å². The minimum atomic E-state index is -0.194. The van der Waals surface area contributed by atoms with E-state index in [2.05, 4.69) is 10.4 Å². The van der Waals surface area contributed by atoms with Gasteiger partial charge in [0, 0.05) is 22.3 Å². The zero-order valence-electron chi connectivity index (χ0n) is 22.4. The van der Waals surface area contributed by atoms with Crippen molar-refractivity contribution in [1.29, 1.82) is 5.41 Å². The molecule has 0 unspecified atom stereocenters. The maximum Gasteiger partial charge on any atom is 0.281 e. The summed E-state index contributed by atoms with van der Waals surface area (Å²) in [4.78, 5) is 13.9. The lowest BCUT2D eigenvalue weighted by Gasteiger charge is -2.24. The minimum absolute atomic E-state index is 0.194. The molecular weight excluding hydrogens is 549 g/mol. The van der Waals surface area contributed by atoms with E-state index < -0.39 is 0 Å². The van der Waals surface area contributed by atoms with Crippen molar-refractivity contribution in [3.8, 4) is 0 Å². The molecule has 2 aromatic carbocycles. The van der Waals surface area contributed by atoms with Crippen LogP contribution in [0.4, 0.5) is 11.4 Å². The Bertz CT molecular complexity index is 1760.